The van der Waals surface area contributed by atoms with E-state index in [1.165, 1.54) is 40.8 Å². The third-order valence-corrected chi connectivity index (χ3v) is 7.75. The van der Waals surface area contributed by atoms with E-state index in [0.717, 1.165) is 56.9 Å². The fourth-order valence-corrected chi connectivity index (χ4v) is 5.41. The van der Waals surface area contributed by atoms with E-state index >= 15 is 0 Å². The minimum Gasteiger partial charge on any atom is -0.508 e. The number of hydrogen-bond donors (Lipinski definition) is 1. The molecule has 1 aliphatic carbocycles. The average molecular weight is 517 g/mol. The van der Waals surface area contributed by atoms with Crippen LogP contribution in [-0.4, -0.2) is 50.4 Å². The van der Waals surface area contributed by atoms with Gasteiger partial charge in [-0.3, -0.25) is 0 Å². The number of anilines is 1. The number of phenolic OH excluding ortho intramolecular Hbond substituents is 1. The first-order chi connectivity index (χ1) is 18.5. The van der Waals surface area contributed by atoms with Gasteiger partial charge in [0.1, 0.15) is 23.9 Å². The van der Waals surface area contributed by atoms with Crippen LogP contribution in [0.4, 0.5) is 5.69 Å². The zero-order valence-electron chi connectivity index (χ0n) is 23.6. The Morgan fingerprint density at radius 2 is 1.71 bits per heavy atom. The maximum atomic E-state index is 9.90. The minimum atomic E-state index is 0.361. The lowest BCUT2D eigenvalue weighted by Gasteiger charge is -2.32. The Balaban J connectivity index is 1.45. The molecule has 1 N–H and O–H groups in total. The summed E-state index contributed by atoms with van der Waals surface area (Å²) in [5, 5.41) is 9.90. The van der Waals surface area contributed by atoms with Crippen molar-refractivity contribution in [1.29, 1.82) is 0 Å². The fourth-order valence-electron chi connectivity index (χ4n) is 5.41. The van der Waals surface area contributed by atoms with Crippen LogP contribution >= 0.6 is 0 Å². The molecule has 1 aliphatic rings. The SMILES string of the molecule is CCCCN(C)CCOc1ccc(CN(CC)c2cc(OC)ccc2[C@@H]2CCc3cc(O)ccc3C2)cc1. The van der Waals surface area contributed by atoms with E-state index in [4.69, 9.17) is 9.47 Å². The van der Waals surface area contributed by atoms with Crippen molar-refractivity contribution in [2.45, 2.75) is 58.4 Å². The van der Waals surface area contributed by atoms with Crippen molar-refractivity contribution in [3.8, 4) is 17.2 Å². The van der Waals surface area contributed by atoms with Crippen LogP contribution in [0.1, 0.15) is 61.3 Å². The molecule has 5 nitrogen and oxygen atoms in total. The summed E-state index contributed by atoms with van der Waals surface area (Å²) in [4.78, 5) is 4.78. The van der Waals surface area contributed by atoms with Gasteiger partial charge in [0, 0.05) is 31.4 Å². The number of methoxy groups -OCH3 is 1. The number of rotatable bonds is 13. The summed E-state index contributed by atoms with van der Waals surface area (Å²) in [5.41, 5.74) is 6.50. The topological polar surface area (TPSA) is 45.2 Å². The van der Waals surface area contributed by atoms with Crippen LogP contribution in [0.25, 0.3) is 0 Å². The first-order valence-corrected chi connectivity index (χ1v) is 14.1. The smallest absolute Gasteiger partial charge is 0.120 e. The Morgan fingerprint density at radius 3 is 2.45 bits per heavy atom. The third-order valence-electron chi connectivity index (χ3n) is 7.75. The Labute approximate surface area is 229 Å². The van der Waals surface area contributed by atoms with Gasteiger partial charge in [-0.15, -0.1) is 0 Å². The Morgan fingerprint density at radius 1 is 0.921 bits per heavy atom. The molecular formula is C33H44N2O3. The van der Waals surface area contributed by atoms with Gasteiger partial charge >= 0.3 is 0 Å². The normalized spacial score (nSPS) is 14.8. The predicted molar refractivity (Wildman–Crippen MR) is 157 cm³/mol. The van der Waals surface area contributed by atoms with Crippen LogP contribution in [0, 0.1) is 0 Å². The van der Waals surface area contributed by atoms with Gasteiger partial charge in [-0.25, -0.2) is 0 Å². The third kappa shape index (κ3) is 7.22. The van der Waals surface area contributed by atoms with E-state index in [0.29, 0.717) is 18.3 Å². The van der Waals surface area contributed by atoms with Crippen LogP contribution in [0.3, 0.4) is 0 Å². The number of ether oxygens (including phenoxy) is 2. The number of phenols is 1. The van der Waals surface area contributed by atoms with E-state index in [2.05, 4.69) is 79.2 Å². The molecule has 0 fully saturated rings. The second kappa shape index (κ2) is 13.6. The summed E-state index contributed by atoms with van der Waals surface area (Å²) >= 11 is 0. The molecule has 0 bridgehead atoms. The lowest BCUT2D eigenvalue weighted by Crippen LogP contribution is -2.25. The number of unbranched alkanes of at least 4 members (excludes halogenated alkanes) is 1. The maximum absolute atomic E-state index is 9.90. The molecule has 3 aromatic rings. The fraction of sp³-hybridized carbons (Fsp3) is 0.455. The number of likely N-dealkylation sites (N-methyl/N-ethyl adjacent to an activating group) is 1. The summed E-state index contributed by atoms with van der Waals surface area (Å²) in [5.74, 6) is 2.61. The minimum absolute atomic E-state index is 0.361. The van der Waals surface area contributed by atoms with Gasteiger partial charge in [-0.2, -0.15) is 0 Å². The van der Waals surface area contributed by atoms with Crippen molar-refractivity contribution in [2.75, 3.05) is 45.3 Å². The lowest BCUT2D eigenvalue weighted by molar-refractivity contribution is 0.235. The molecule has 0 heterocycles. The molecule has 38 heavy (non-hydrogen) atoms. The van der Waals surface area contributed by atoms with Crippen molar-refractivity contribution in [1.82, 2.24) is 4.90 Å². The van der Waals surface area contributed by atoms with E-state index in [9.17, 15) is 5.11 Å². The van der Waals surface area contributed by atoms with Crippen LogP contribution in [0.5, 0.6) is 17.2 Å². The molecule has 0 amide bonds. The first-order valence-electron chi connectivity index (χ1n) is 14.1. The summed E-state index contributed by atoms with van der Waals surface area (Å²) in [6.45, 7) is 8.94. The van der Waals surface area contributed by atoms with Crippen LogP contribution in [0.15, 0.2) is 60.7 Å². The molecule has 5 heteroatoms. The van der Waals surface area contributed by atoms with Crippen molar-refractivity contribution in [3.63, 3.8) is 0 Å². The number of aromatic hydroxyl groups is 1. The van der Waals surface area contributed by atoms with Gasteiger partial charge in [0.05, 0.1) is 7.11 Å². The number of hydrogen-bond acceptors (Lipinski definition) is 5. The summed E-state index contributed by atoms with van der Waals surface area (Å²) in [6.07, 6.45) is 5.51. The standard InChI is InChI=1S/C33H44N2O3/c1-5-7-18-34(3)19-20-38-30-14-8-25(9-15-30)24-35(6-2)33-23-31(37-4)16-17-32(33)28-11-10-27-22-29(36)13-12-26(27)21-28/h8-9,12-17,22-23,28,36H,5-7,10-11,18-21,24H2,1-4H3/t28-/m1/s1. The molecule has 1 atom stereocenters. The molecule has 0 aliphatic heterocycles. The maximum Gasteiger partial charge on any atom is 0.120 e. The van der Waals surface area contributed by atoms with Crippen molar-refractivity contribution >= 4 is 5.69 Å². The number of nitrogens with zero attached hydrogens (tertiary/aromatic N) is 2. The highest BCUT2D eigenvalue weighted by atomic mass is 16.5. The molecule has 0 spiro atoms. The largest absolute Gasteiger partial charge is 0.508 e. The number of fused-ring (bicyclic) bond motifs is 1. The number of aryl methyl sites for hydroxylation is 1. The molecule has 3 aromatic carbocycles. The molecule has 0 saturated heterocycles. The summed E-state index contributed by atoms with van der Waals surface area (Å²) in [6, 6.07) is 20.9. The van der Waals surface area contributed by atoms with Crippen LogP contribution < -0.4 is 14.4 Å². The molecule has 0 unspecified atom stereocenters. The summed E-state index contributed by atoms with van der Waals surface area (Å²) in [7, 11) is 3.89. The average Bonchev–Trinajstić information content (AvgIpc) is 2.95. The Bertz CT molecular complexity index is 1160. The number of benzene rings is 3. The van der Waals surface area contributed by atoms with Gasteiger partial charge in [-0.1, -0.05) is 37.6 Å². The predicted octanol–water partition coefficient (Wildman–Crippen LogP) is 6.81. The molecule has 4 rings (SSSR count). The quantitative estimate of drug-likeness (QED) is 0.270. The van der Waals surface area contributed by atoms with Gasteiger partial charge in [0.25, 0.3) is 0 Å². The highest BCUT2D eigenvalue weighted by Crippen LogP contribution is 2.40. The van der Waals surface area contributed by atoms with Gasteiger partial charge in [-0.05, 0) is 105 Å². The lowest BCUT2D eigenvalue weighted by atomic mass is 9.79. The van der Waals surface area contributed by atoms with E-state index in [1.807, 2.05) is 12.1 Å². The van der Waals surface area contributed by atoms with E-state index in [1.54, 1.807) is 7.11 Å². The van der Waals surface area contributed by atoms with Gasteiger partial charge in [0.15, 0.2) is 0 Å². The van der Waals surface area contributed by atoms with Crippen molar-refractivity contribution in [3.05, 3.63) is 82.9 Å². The second-order valence-electron chi connectivity index (χ2n) is 10.5. The Kier molecular flexibility index (Phi) is 9.94. The zero-order valence-corrected chi connectivity index (χ0v) is 23.6. The Hall–Kier alpha value is -3.18. The molecule has 0 saturated carbocycles. The van der Waals surface area contributed by atoms with Crippen molar-refractivity contribution < 1.29 is 14.6 Å². The first kappa shape index (κ1) is 27.8. The highest BCUT2D eigenvalue weighted by molar-refractivity contribution is 5.60. The van der Waals surface area contributed by atoms with Crippen molar-refractivity contribution in [2.24, 2.45) is 0 Å². The van der Waals surface area contributed by atoms with E-state index < -0.39 is 0 Å². The molecule has 204 valence electrons. The van der Waals surface area contributed by atoms with Gasteiger partial charge in [0.2, 0.25) is 0 Å². The molecule has 0 radical (unpaired) electrons. The molecular weight excluding hydrogens is 472 g/mol. The second-order valence-corrected chi connectivity index (χ2v) is 10.5. The molecule has 0 aromatic heterocycles. The van der Waals surface area contributed by atoms with E-state index in [-0.39, 0.29) is 0 Å². The van der Waals surface area contributed by atoms with Crippen LogP contribution in [-0.2, 0) is 19.4 Å². The van der Waals surface area contributed by atoms with Gasteiger partial charge < -0.3 is 24.4 Å². The summed E-state index contributed by atoms with van der Waals surface area (Å²) < 4.78 is 11.6. The highest BCUT2D eigenvalue weighted by Gasteiger charge is 2.24. The van der Waals surface area contributed by atoms with Crippen LogP contribution in [0.2, 0.25) is 0 Å². The zero-order chi connectivity index (χ0) is 26.9. The monoisotopic (exact) mass is 516 g/mol.